The van der Waals surface area contributed by atoms with Crippen molar-refractivity contribution in [1.29, 1.82) is 5.26 Å². The Balaban J connectivity index is 0.00000253. The van der Waals surface area contributed by atoms with Crippen molar-refractivity contribution in [2.75, 3.05) is 6.54 Å². The quantitative estimate of drug-likeness (QED) is 0.277. The maximum atomic E-state index is 9.52. The van der Waals surface area contributed by atoms with Gasteiger partial charge in [0.05, 0.1) is 11.6 Å². The first-order valence-corrected chi connectivity index (χ1v) is 11.5. The Bertz CT molecular complexity index is 1720. The van der Waals surface area contributed by atoms with E-state index >= 15 is 0 Å². The second kappa shape index (κ2) is 9.31. The number of nitriles is 1. The van der Waals surface area contributed by atoms with Gasteiger partial charge in [0.25, 0.3) is 0 Å². The lowest BCUT2D eigenvalue weighted by Gasteiger charge is -2.07. The molecule has 0 radical (unpaired) electrons. The molecule has 0 bridgehead atoms. The molecular formula is C30H24ClN3O. The van der Waals surface area contributed by atoms with Crippen molar-refractivity contribution < 1.29 is 4.42 Å². The molecule has 2 heterocycles. The first-order chi connectivity index (χ1) is 16.8. The lowest BCUT2D eigenvalue weighted by atomic mass is 9.97. The highest BCUT2D eigenvalue weighted by Crippen LogP contribution is 2.37. The number of hydrogen-bond donors (Lipinski definition) is 2. The molecular weight excluding hydrogens is 454 g/mol. The Morgan fingerprint density at radius 1 is 0.857 bits per heavy atom. The zero-order valence-electron chi connectivity index (χ0n) is 19.0. The van der Waals surface area contributed by atoms with Gasteiger partial charge in [-0.2, -0.15) is 5.26 Å². The Labute approximate surface area is 209 Å². The molecule has 172 valence electrons. The van der Waals surface area contributed by atoms with Crippen LogP contribution < -0.4 is 5.73 Å². The van der Waals surface area contributed by atoms with Gasteiger partial charge in [-0.25, -0.2) is 0 Å². The standard InChI is InChI=1S/C30H23N3O.ClH/c31-15-14-23-26-16-20(22-9-5-10-25-24-8-3-4-11-29(24)34-30(22)25)12-13-27(26)33-28(23)17-19-6-1-2-7-21(19)18-32;/h1-13,16,33H,14-15,17,31H2;1H. The Morgan fingerprint density at radius 3 is 2.51 bits per heavy atom. The van der Waals surface area contributed by atoms with E-state index in [4.69, 9.17) is 10.2 Å². The third kappa shape index (κ3) is 3.85. The third-order valence-electron chi connectivity index (χ3n) is 6.61. The summed E-state index contributed by atoms with van der Waals surface area (Å²) >= 11 is 0. The fourth-order valence-electron chi connectivity index (χ4n) is 5.00. The molecule has 0 saturated heterocycles. The van der Waals surface area contributed by atoms with E-state index in [-0.39, 0.29) is 12.4 Å². The monoisotopic (exact) mass is 477 g/mol. The van der Waals surface area contributed by atoms with Gasteiger partial charge in [0.1, 0.15) is 11.2 Å². The summed E-state index contributed by atoms with van der Waals surface area (Å²) in [5, 5.41) is 12.9. The SMILES string of the molecule is Cl.N#Cc1ccccc1Cc1[nH]c2ccc(-c3cccc4c3oc3ccccc34)cc2c1CCN. The van der Waals surface area contributed by atoms with Crippen LogP contribution in [0.3, 0.4) is 0 Å². The van der Waals surface area contributed by atoms with Crippen molar-refractivity contribution in [3.63, 3.8) is 0 Å². The van der Waals surface area contributed by atoms with E-state index in [2.05, 4.69) is 53.5 Å². The van der Waals surface area contributed by atoms with Crippen molar-refractivity contribution >= 4 is 45.2 Å². The van der Waals surface area contributed by atoms with E-state index < -0.39 is 0 Å². The van der Waals surface area contributed by atoms with E-state index in [0.29, 0.717) is 18.5 Å². The zero-order chi connectivity index (χ0) is 23.1. The molecule has 4 nitrogen and oxygen atoms in total. The number of nitrogens with one attached hydrogen (secondary N) is 1. The average Bonchev–Trinajstić information content (AvgIpc) is 3.42. The lowest BCUT2D eigenvalue weighted by Crippen LogP contribution is -2.05. The molecule has 3 N–H and O–H groups in total. The number of fused-ring (bicyclic) bond motifs is 4. The second-order valence-electron chi connectivity index (χ2n) is 8.61. The molecule has 0 saturated carbocycles. The lowest BCUT2D eigenvalue weighted by molar-refractivity contribution is 0.670. The molecule has 0 unspecified atom stereocenters. The molecule has 4 aromatic carbocycles. The molecule has 0 aliphatic heterocycles. The summed E-state index contributed by atoms with van der Waals surface area (Å²) in [6.45, 7) is 0.559. The summed E-state index contributed by atoms with van der Waals surface area (Å²) in [6, 6.07) is 31.1. The van der Waals surface area contributed by atoms with Crippen LogP contribution in [-0.4, -0.2) is 11.5 Å². The fraction of sp³-hybridized carbons (Fsp3) is 0.100. The summed E-state index contributed by atoms with van der Waals surface area (Å²) in [7, 11) is 0. The van der Waals surface area contributed by atoms with Gasteiger partial charge in [-0.3, -0.25) is 0 Å². The number of aromatic amines is 1. The summed E-state index contributed by atoms with van der Waals surface area (Å²) in [5.74, 6) is 0. The van der Waals surface area contributed by atoms with E-state index in [1.54, 1.807) is 0 Å². The second-order valence-corrected chi connectivity index (χ2v) is 8.61. The average molecular weight is 478 g/mol. The van der Waals surface area contributed by atoms with Crippen LogP contribution in [0.2, 0.25) is 0 Å². The van der Waals surface area contributed by atoms with Gasteiger partial charge >= 0.3 is 0 Å². The normalized spacial score (nSPS) is 11.1. The summed E-state index contributed by atoms with van der Waals surface area (Å²) in [6.07, 6.45) is 1.44. The number of para-hydroxylation sites is 2. The highest BCUT2D eigenvalue weighted by Gasteiger charge is 2.16. The fourth-order valence-corrected chi connectivity index (χ4v) is 5.00. The molecule has 0 fully saturated rings. The highest BCUT2D eigenvalue weighted by atomic mass is 35.5. The van der Waals surface area contributed by atoms with E-state index in [1.165, 1.54) is 10.9 Å². The Hall–Kier alpha value is -4.04. The molecule has 0 aliphatic rings. The van der Waals surface area contributed by atoms with Crippen LogP contribution in [0.15, 0.2) is 89.3 Å². The topological polar surface area (TPSA) is 78.7 Å². The number of H-pyrrole nitrogens is 1. The van der Waals surface area contributed by atoms with Crippen molar-refractivity contribution in [1.82, 2.24) is 4.98 Å². The minimum Gasteiger partial charge on any atom is -0.455 e. The van der Waals surface area contributed by atoms with Crippen LogP contribution >= 0.6 is 12.4 Å². The molecule has 0 spiro atoms. The number of furan rings is 1. The third-order valence-corrected chi connectivity index (χ3v) is 6.61. The minimum atomic E-state index is 0. The minimum absolute atomic E-state index is 0. The molecule has 0 amide bonds. The van der Waals surface area contributed by atoms with Crippen molar-refractivity contribution in [3.8, 4) is 17.2 Å². The smallest absolute Gasteiger partial charge is 0.143 e. The number of rotatable bonds is 5. The van der Waals surface area contributed by atoms with Gasteiger partial charge in [-0.05, 0) is 53.9 Å². The van der Waals surface area contributed by atoms with Crippen LogP contribution in [0.25, 0.3) is 44.0 Å². The van der Waals surface area contributed by atoms with Gasteiger partial charge in [-0.15, -0.1) is 12.4 Å². The maximum Gasteiger partial charge on any atom is 0.143 e. The number of benzene rings is 4. The van der Waals surface area contributed by atoms with Crippen LogP contribution in [-0.2, 0) is 12.8 Å². The van der Waals surface area contributed by atoms with Gasteiger partial charge in [0.15, 0.2) is 0 Å². The maximum absolute atomic E-state index is 9.52. The number of nitrogens with two attached hydrogens (primary N) is 1. The number of halogens is 1. The molecule has 6 rings (SSSR count). The van der Waals surface area contributed by atoms with Crippen LogP contribution in [0, 0.1) is 11.3 Å². The molecule has 35 heavy (non-hydrogen) atoms. The first-order valence-electron chi connectivity index (χ1n) is 11.5. The summed E-state index contributed by atoms with van der Waals surface area (Å²) in [5.41, 5.74) is 15.1. The van der Waals surface area contributed by atoms with E-state index in [9.17, 15) is 5.26 Å². The molecule has 6 aromatic rings. The highest BCUT2D eigenvalue weighted by molar-refractivity contribution is 6.10. The predicted molar refractivity (Wildman–Crippen MR) is 145 cm³/mol. The largest absolute Gasteiger partial charge is 0.455 e. The van der Waals surface area contributed by atoms with Gasteiger partial charge in [-0.1, -0.05) is 60.7 Å². The van der Waals surface area contributed by atoms with Crippen LogP contribution in [0.1, 0.15) is 22.4 Å². The van der Waals surface area contributed by atoms with Gasteiger partial charge in [0.2, 0.25) is 0 Å². The summed E-state index contributed by atoms with van der Waals surface area (Å²) < 4.78 is 6.28. The zero-order valence-corrected chi connectivity index (χ0v) is 19.9. The van der Waals surface area contributed by atoms with Gasteiger partial charge < -0.3 is 15.1 Å². The number of nitrogens with zero attached hydrogens (tertiary/aromatic N) is 1. The Morgan fingerprint density at radius 2 is 1.66 bits per heavy atom. The van der Waals surface area contributed by atoms with Gasteiger partial charge in [0, 0.05) is 39.4 Å². The van der Waals surface area contributed by atoms with E-state index in [0.717, 1.165) is 56.3 Å². The van der Waals surface area contributed by atoms with E-state index in [1.807, 2.05) is 42.5 Å². The molecule has 2 aromatic heterocycles. The summed E-state index contributed by atoms with van der Waals surface area (Å²) in [4.78, 5) is 3.60. The van der Waals surface area contributed by atoms with Crippen molar-refractivity contribution in [2.45, 2.75) is 12.8 Å². The molecule has 0 aliphatic carbocycles. The Kier molecular flexibility index (Phi) is 6.05. The van der Waals surface area contributed by atoms with Crippen LogP contribution in [0.4, 0.5) is 0 Å². The number of aromatic nitrogens is 1. The van der Waals surface area contributed by atoms with Crippen molar-refractivity contribution in [3.05, 3.63) is 107 Å². The molecule has 5 heteroatoms. The predicted octanol–water partition coefficient (Wildman–Crippen LogP) is 7.12. The first kappa shape index (κ1) is 22.7. The molecule has 0 atom stereocenters. The van der Waals surface area contributed by atoms with Crippen LogP contribution in [0.5, 0.6) is 0 Å². The number of hydrogen-bond acceptors (Lipinski definition) is 3. The van der Waals surface area contributed by atoms with Crippen molar-refractivity contribution in [2.24, 2.45) is 5.73 Å².